The lowest BCUT2D eigenvalue weighted by Crippen LogP contribution is -2.41. The minimum absolute atomic E-state index is 0.0998. The van der Waals surface area contributed by atoms with E-state index in [1.165, 1.54) is 0 Å². The fraction of sp³-hybridized carbons (Fsp3) is 0.300. The first-order valence-electron chi connectivity index (χ1n) is 8.45. The van der Waals surface area contributed by atoms with Crippen LogP contribution in [0.3, 0.4) is 0 Å². The van der Waals surface area contributed by atoms with Crippen LogP contribution < -0.4 is 5.32 Å². The highest BCUT2D eigenvalue weighted by Crippen LogP contribution is 2.19. The van der Waals surface area contributed by atoms with Gasteiger partial charge in [0.1, 0.15) is 0 Å². The monoisotopic (exact) mass is 322 g/mol. The van der Waals surface area contributed by atoms with Crippen molar-refractivity contribution in [2.45, 2.75) is 19.3 Å². The van der Waals surface area contributed by atoms with Gasteiger partial charge in [0.2, 0.25) is 5.91 Å². The fourth-order valence-electron chi connectivity index (χ4n) is 2.98. The Labute approximate surface area is 142 Å². The molecule has 0 saturated carbocycles. The summed E-state index contributed by atoms with van der Waals surface area (Å²) in [5, 5.41) is 2.91. The van der Waals surface area contributed by atoms with Crippen LogP contribution in [0, 0.1) is 0 Å². The quantitative estimate of drug-likeness (QED) is 0.919. The summed E-state index contributed by atoms with van der Waals surface area (Å²) in [5.74, 6) is 0.0961. The number of rotatable bonds is 5. The summed E-state index contributed by atoms with van der Waals surface area (Å²) in [6, 6.07) is 17.6. The third kappa shape index (κ3) is 4.02. The normalized spacial score (nSPS) is 14.5. The Hall–Kier alpha value is -2.62. The zero-order valence-corrected chi connectivity index (χ0v) is 13.7. The Morgan fingerprint density at radius 2 is 1.79 bits per heavy atom. The first kappa shape index (κ1) is 16.2. The summed E-state index contributed by atoms with van der Waals surface area (Å²) in [7, 11) is 0. The van der Waals surface area contributed by atoms with Crippen LogP contribution in [-0.2, 0) is 4.79 Å². The number of benzene rings is 2. The first-order valence-corrected chi connectivity index (χ1v) is 8.45. The van der Waals surface area contributed by atoms with Crippen molar-refractivity contribution < 1.29 is 9.59 Å². The van der Waals surface area contributed by atoms with Crippen molar-refractivity contribution in [2.24, 2.45) is 0 Å². The molecular weight excluding hydrogens is 300 g/mol. The van der Waals surface area contributed by atoms with Gasteiger partial charge in [-0.1, -0.05) is 42.5 Å². The fourth-order valence-corrected chi connectivity index (χ4v) is 2.98. The lowest BCUT2D eigenvalue weighted by Gasteiger charge is -2.26. The summed E-state index contributed by atoms with van der Waals surface area (Å²) in [6.07, 6.45) is 2.67. The Morgan fingerprint density at radius 3 is 2.58 bits per heavy atom. The van der Waals surface area contributed by atoms with E-state index in [4.69, 9.17) is 0 Å². The van der Waals surface area contributed by atoms with Crippen LogP contribution in [0.2, 0.25) is 0 Å². The van der Waals surface area contributed by atoms with E-state index in [0.717, 1.165) is 30.5 Å². The molecule has 0 aliphatic carbocycles. The number of carbonyl (C=O) groups excluding carboxylic acids is 2. The first-order chi connectivity index (χ1) is 11.7. The van der Waals surface area contributed by atoms with Gasteiger partial charge in [-0.2, -0.15) is 0 Å². The molecule has 2 aromatic carbocycles. The molecule has 2 aromatic rings. The SMILES string of the molecule is O=C(NCCN1CCCCC1=O)c1cccc(-c2ccccc2)c1. The number of piperidine rings is 1. The number of nitrogens with one attached hydrogen (secondary N) is 1. The van der Waals surface area contributed by atoms with Crippen molar-refractivity contribution in [1.82, 2.24) is 10.2 Å². The van der Waals surface area contributed by atoms with Gasteiger partial charge in [0.05, 0.1) is 0 Å². The van der Waals surface area contributed by atoms with Gasteiger partial charge in [-0.25, -0.2) is 0 Å². The molecule has 2 amide bonds. The minimum Gasteiger partial charge on any atom is -0.350 e. The van der Waals surface area contributed by atoms with E-state index in [-0.39, 0.29) is 11.8 Å². The smallest absolute Gasteiger partial charge is 0.251 e. The summed E-state index contributed by atoms with van der Waals surface area (Å²) in [4.78, 5) is 25.9. The van der Waals surface area contributed by atoms with E-state index >= 15 is 0 Å². The van der Waals surface area contributed by atoms with Crippen molar-refractivity contribution in [2.75, 3.05) is 19.6 Å². The minimum atomic E-state index is -0.0998. The van der Waals surface area contributed by atoms with Crippen LogP contribution in [0.15, 0.2) is 54.6 Å². The Morgan fingerprint density at radius 1 is 1.00 bits per heavy atom. The average Bonchev–Trinajstić information content (AvgIpc) is 2.64. The van der Waals surface area contributed by atoms with E-state index in [1.807, 2.05) is 59.5 Å². The van der Waals surface area contributed by atoms with Crippen LogP contribution in [-0.4, -0.2) is 36.3 Å². The largest absolute Gasteiger partial charge is 0.350 e. The van der Waals surface area contributed by atoms with Gasteiger partial charge in [-0.3, -0.25) is 9.59 Å². The highest BCUT2D eigenvalue weighted by Gasteiger charge is 2.17. The molecule has 0 atom stereocenters. The number of hydrogen-bond acceptors (Lipinski definition) is 2. The Balaban J connectivity index is 1.58. The molecule has 0 radical (unpaired) electrons. The maximum atomic E-state index is 12.3. The second-order valence-electron chi connectivity index (χ2n) is 6.04. The third-order valence-electron chi connectivity index (χ3n) is 4.32. The topological polar surface area (TPSA) is 49.4 Å². The van der Waals surface area contributed by atoms with Crippen LogP contribution in [0.5, 0.6) is 0 Å². The van der Waals surface area contributed by atoms with Crippen molar-refractivity contribution in [3.8, 4) is 11.1 Å². The molecule has 24 heavy (non-hydrogen) atoms. The van der Waals surface area contributed by atoms with Gasteiger partial charge in [0.15, 0.2) is 0 Å². The molecule has 1 heterocycles. The maximum absolute atomic E-state index is 12.3. The summed E-state index contributed by atoms with van der Waals surface area (Å²) >= 11 is 0. The molecule has 1 N–H and O–H groups in total. The standard InChI is InChI=1S/C20H22N2O2/c23-19-11-4-5-13-22(19)14-12-21-20(24)18-10-6-9-17(15-18)16-7-2-1-3-8-16/h1-3,6-10,15H,4-5,11-14H2,(H,21,24). The summed E-state index contributed by atoms with van der Waals surface area (Å²) in [5.41, 5.74) is 2.75. The molecule has 124 valence electrons. The van der Waals surface area contributed by atoms with E-state index in [2.05, 4.69) is 5.32 Å². The number of nitrogens with zero attached hydrogens (tertiary/aromatic N) is 1. The van der Waals surface area contributed by atoms with E-state index in [9.17, 15) is 9.59 Å². The molecule has 4 nitrogen and oxygen atoms in total. The molecule has 1 fully saturated rings. The van der Waals surface area contributed by atoms with Gasteiger partial charge >= 0.3 is 0 Å². The zero-order chi connectivity index (χ0) is 16.8. The third-order valence-corrected chi connectivity index (χ3v) is 4.32. The van der Waals surface area contributed by atoms with Crippen LogP contribution >= 0.6 is 0 Å². The van der Waals surface area contributed by atoms with Crippen molar-refractivity contribution in [3.63, 3.8) is 0 Å². The molecule has 0 bridgehead atoms. The summed E-state index contributed by atoms with van der Waals surface area (Å²) < 4.78 is 0. The van der Waals surface area contributed by atoms with Crippen molar-refractivity contribution >= 4 is 11.8 Å². The highest BCUT2D eigenvalue weighted by molar-refractivity contribution is 5.95. The van der Waals surface area contributed by atoms with Gasteiger partial charge in [-0.05, 0) is 36.1 Å². The predicted octanol–water partition coefficient (Wildman–Crippen LogP) is 3.10. The molecule has 1 saturated heterocycles. The number of amides is 2. The molecule has 3 rings (SSSR count). The molecule has 0 spiro atoms. The molecule has 1 aliphatic rings. The van der Waals surface area contributed by atoms with Gasteiger partial charge in [0.25, 0.3) is 5.91 Å². The highest BCUT2D eigenvalue weighted by atomic mass is 16.2. The van der Waals surface area contributed by atoms with Crippen molar-refractivity contribution in [1.29, 1.82) is 0 Å². The number of likely N-dealkylation sites (tertiary alicyclic amines) is 1. The lowest BCUT2D eigenvalue weighted by atomic mass is 10.0. The summed E-state index contributed by atoms with van der Waals surface area (Å²) in [6.45, 7) is 1.88. The lowest BCUT2D eigenvalue weighted by molar-refractivity contribution is -0.133. The van der Waals surface area contributed by atoms with E-state index < -0.39 is 0 Å². The molecule has 0 unspecified atom stereocenters. The molecule has 4 heteroatoms. The Bertz CT molecular complexity index is 713. The van der Waals surface area contributed by atoms with E-state index in [0.29, 0.717) is 25.1 Å². The number of hydrogen-bond donors (Lipinski definition) is 1. The number of carbonyl (C=O) groups is 2. The second kappa shape index (κ2) is 7.77. The van der Waals surface area contributed by atoms with Crippen LogP contribution in [0.4, 0.5) is 0 Å². The second-order valence-corrected chi connectivity index (χ2v) is 6.04. The zero-order valence-electron chi connectivity index (χ0n) is 13.7. The maximum Gasteiger partial charge on any atom is 0.251 e. The predicted molar refractivity (Wildman–Crippen MR) is 94.6 cm³/mol. The van der Waals surface area contributed by atoms with Crippen LogP contribution in [0.1, 0.15) is 29.6 Å². The van der Waals surface area contributed by atoms with Crippen molar-refractivity contribution in [3.05, 3.63) is 60.2 Å². The molecular formula is C20H22N2O2. The molecule has 0 aromatic heterocycles. The van der Waals surface area contributed by atoms with Gasteiger partial charge in [0, 0.05) is 31.6 Å². The average molecular weight is 322 g/mol. The molecule has 1 aliphatic heterocycles. The van der Waals surface area contributed by atoms with Crippen LogP contribution in [0.25, 0.3) is 11.1 Å². The van der Waals surface area contributed by atoms with Gasteiger partial charge < -0.3 is 10.2 Å². The van der Waals surface area contributed by atoms with Gasteiger partial charge in [-0.15, -0.1) is 0 Å². The Kier molecular flexibility index (Phi) is 5.26. The van der Waals surface area contributed by atoms with E-state index in [1.54, 1.807) is 0 Å².